The minimum atomic E-state index is -0.163. The van der Waals surface area contributed by atoms with Gasteiger partial charge in [0.15, 0.2) is 0 Å². The number of para-hydroxylation sites is 1. The second kappa shape index (κ2) is 9.04. The van der Waals surface area contributed by atoms with Gasteiger partial charge in [-0.05, 0) is 18.2 Å². The van der Waals surface area contributed by atoms with Gasteiger partial charge in [-0.25, -0.2) is 0 Å². The number of nitrogens with zero attached hydrogens (tertiary/aromatic N) is 1. The summed E-state index contributed by atoms with van der Waals surface area (Å²) >= 11 is 0. The van der Waals surface area contributed by atoms with Crippen molar-refractivity contribution in [3.05, 3.63) is 30.5 Å². The molecular formula is C16H21N3O4. The van der Waals surface area contributed by atoms with Gasteiger partial charge in [-0.1, -0.05) is 6.07 Å². The fourth-order valence-electron chi connectivity index (χ4n) is 2.14. The molecule has 1 aromatic carbocycles. The second-order valence-electron chi connectivity index (χ2n) is 4.78. The fraction of sp³-hybridized carbons (Fsp3) is 0.375. The number of fused-ring (bicyclic) bond motifs is 1. The number of amides is 1. The smallest absolute Gasteiger partial charge is 0.238 e. The highest BCUT2D eigenvalue weighted by molar-refractivity contribution is 6.02. The first kappa shape index (κ1) is 17.1. The van der Waals surface area contributed by atoms with E-state index in [4.69, 9.17) is 14.6 Å². The maximum absolute atomic E-state index is 12.0. The van der Waals surface area contributed by atoms with Crippen LogP contribution in [-0.2, 0) is 9.53 Å². The minimum Gasteiger partial charge on any atom is -0.496 e. The summed E-state index contributed by atoms with van der Waals surface area (Å²) in [4.78, 5) is 16.3. The Morgan fingerprint density at radius 1 is 1.30 bits per heavy atom. The number of hydrogen-bond acceptors (Lipinski definition) is 6. The van der Waals surface area contributed by atoms with Crippen LogP contribution in [-0.4, -0.2) is 56.0 Å². The summed E-state index contributed by atoms with van der Waals surface area (Å²) in [5, 5.41) is 15.2. The van der Waals surface area contributed by atoms with Crippen LogP contribution in [0.5, 0.6) is 5.75 Å². The number of hydrogen-bond donors (Lipinski definition) is 3. The second-order valence-corrected chi connectivity index (χ2v) is 4.78. The number of rotatable bonds is 9. The van der Waals surface area contributed by atoms with Crippen molar-refractivity contribution >= 4 is 22.5 Å². The van der Waals surface area contributed by atoms with Gasteiger partial charge in [0.1, 0.15) is 5.75 Å². The Hall–Kier alpha value is -2.22. The van der Waals surface area contributed by atoms with Gasteiger partial charge in [-0.15, -0.1) is 0 Å². The van der Waals surface area contributed by atoms with E-state index >= 15 is 0 Å². The molecule has 23 heavy (non-hydrogen) atoms. The first-order chi connectivity index (χ1) is 11.3. The van der Waals surface area contributed by atoms with Gasteiger partial charge in [-0.3, -0.25) is 9.78 Å². The summed E-state index contributed by atoms with van der Waals surface area (Å²) in [6.45, 7) is 1.45. The summed E-state index contributed by atoms with van der Waals surface area (Å²) in [6.07, 6.45) is 1.65. The highest BCUT2D eigenvalue weighted by Gasteiger charge is 2.09. The van der Waals surface area contributed by atoms with Crippen molar-refractivity contribution in [2.45, 2.75) is 0 Å². The molecule has 0 fully saturated rings. The zero-order valence-electron chi connectivity index (χ0n) is 13.0. The molecule has 0 saturated carbocycles. The topological polar surface area (TPSA) is 92.7 Å². The molecule has 1 heterocycles. The van der Waals surface area contributed by atoms with Crippen LogP contribution in [0.3, 0.4) is 0 Å². The van der Waals surface area contributed by atoms with Crippen LogP contribution in [0.25, 0.3) is 10.9 Å². The Balaban J connectivity index is 1.92. The Morgan fingerprint density at radius 2 is 2.17 bits per heavy atom. The number of nitrogens with one attached hydrogen (secondary N) is 2. The average Bonchev–Trinajstić information content (AvgIpc) is 2.58. The van der Waals surface area contributed by atoms with Gasteiger partial charge in [0.25, 0.3) is 0 Å². The SMILES string of the molecule is COc1ccnc2c(NC(=O)CNCCOCCO)cccc12. The molecule has 2 aromatic rings. The van der Waals surface area contributed by atoms with E-state index in [0.717, 1.165) is 5.39 Å². The van der Waals surface area contributed by atoms with Crippen molar-refractivity contribution in [2.75, 3.05) is 45.3 Å². The van der Waals surface area contributed by atoms with Crippen molar-refractivity contribution in [2.24, 2.45) is 0 Å². The summed E-state index contributed by atoms with van der Waals surface area (Å²) in [6, 6.07) is 7.32. The number of carbonyl (C=O) groups is 1. The van der Waals surface area contributed by atoms with Crippen LogP contribution >= 0.6 is 0 Å². The molecule has 0 bridgehead atoms. The van der Waals surface area contributed by atoms with Crippen LogP contribution < -0.4 is 15.4 Å². The molecular weight excluding hydrogens is 298 g/mol. The van der Waals surface area contributed by atoms with Crippen molar-refractivity contribution in [3.8, 4) is 5.75 Å². The summed E-state index contributed by atoms with van der Waals surface area (Å²) in [5.74, 6) is 0.550. The van der Waals surface area contributed by atoms with E-state index < -0.39 is 0 Å². The molecule has 7 heteroatoms. The molecule has 0 atom stereocenters. The number of anilines is 1. The standard InChI is InChI=1S/C16H21N3O4/c1-22-14-5-6-18-16-12(14)3-2-4-13(16)19-15(21)11-17-7-9-23-10-8-20/h2-6,17,20H,7-11H2,1H3,(H,19,21). The molecule has 1 amide bonds. The summed E-state index contributed by atoms with van der Waals surface area (Å²) < 4.78 is 10.4. The number of methoxy groups -OCH3 is 1. The zero-order chi connectivity index (χ0) is 16.5. The molecule has 2 rings (SSSR count). The maximum Gasteiger partial charge on any atom is 0.238 e. The van der Waals surface area contributed by atoms with Crippen LogP contribution in [0.15, 0.2) is 30.5 Å². The summed E-state index contributed by atoms with van der Waals surface area (Å²) in [7, 11) is 1.60. The van der Waals surface area contributed by atoms with Crippen molar-refractivity contribution in [1.82, 2.24) is 10.3 Å². The van der Waals surface area contributed by atoms with E-state index in [-0.39, 0.29) is 19.1 Å². The third-order valence-corrected chi connectivity index (χ3v) is 3.17. The molecule has 0 aliphatic rings. The molecule has 124 valence electrons. The fourth-order valence-corrected chi connectivity index (χ4v) is 2.14. The average molecular weight is 319 g/mol. The monoisotopic (exact) mass is 319 g/mol. The Kier molecular flexibility index (Phi) is 6.74. The van der Waals surface area contributed by atoms with Gasteiger partial charge in [0.2, 0.25) is 5.91 Å². The van der Waals surface area contributed by atoms with E-state index in [0.29, 0.717) is 36.7 Å². The normalized spacial score (nSPS) is 10.7. The molecule has 0 spiro atoms. The van der Waals surface area contributed by atoms with E-state index in [1.165, 1.54) is 0 Å². The van der Waals surface area contributed by atoms with Crippen molar-refractivity contribution in [3.63, 3.8) is 0 Å². The van der Waals surface area contributed by atoms with Gasteiger partial charge in [-0.2, -0.15) is 0 Å². The van der Waals surface area contributed by atoms with E-state index in [9.17, 15) is 4.79 Å². The number of aliphatic hydroxyl groups excluding tert-OH is 1. The molecule has 3 N–H and O–H groups in total. The number of aliphatic hydroxyl groups is 1. The molecule has 0 saturated heterocycles. The maximum atomic E-state index is 12.0. The minimum absolute atomic E-state index is 0.00195. The lowest BCUT2D eigenvalue weighted by Gasteiger charge is -2.10. The number of carbonyl (C=O) groups excluding carboxylic acids is 1. The van der Waals surface area contributed by atoms with Crippen molar-refractivity contribution < 1.29 is 19.4 Å². The number of ether oxygens (including phenoxy) is 2. The quantitative estimate of drug-likeness (QED) is 0.592. The predicted molar refractivity (Wildman–Crippen MR) is 87.7 cm³/mol. The van der Waals surface area contributed by atoms with Crippen LogP contribution in [0.1, 0.15) is 0 Å². The highest BCUT2D eigenvalue weighted by atomic mass is 16.5. The van der Waals surface area contributed by atoms with Crippen LogP contribution in [0.4, 0.5) is 5.69 Å². The highest BCUT2D eigenvalue weighted by Crippen LogP contribution is 2.28. The van der Waals surface area contributed by atoms with Gasteiger partial charge in [0, 0.05) is 18.1 Å². The largest absolute Gasteiger partial charge is 0.496 e. The number of pyridine rings is 1. The third-order valence-electron chi connectivity index (χ3n) is 3.17. The Bertz CT molecular complexity index is 648. The number of aromatic nitrogens is 1. The molecule has 0 aliphatic carbocycles. The third kappa shape index (κ3) is 4.88. The van der Waals surface area contributed by atoms with E-state index in [1.54, 1.807) is 25.4 Å². The first-order valence-corrected chi connectivity index (χ1v) is 7.37. The molecule has 0 aliphatic heterocycles. The van der Waals surface area contributed by atoms with E-state index in [1.807, 2.05) is 12.1 Å². The molecule has 1 aromatic heterocycles. The zero-order valence-corrected chi connectivity index (χ0v) is 13.0. The van der Waals surface area contributed by atoms with Crippen molar-refractivity contribution in [1.29, 1.82) is 0 Å². The molecule has 0 radical (unpaired) electrons. The van der Waals surface area contributed by atoms with Crippen LogP contribution in [0, 0.1) is 0 Å². The Morgan fingerprint density at radius 3 is 2.96 bits per heavy atom. The van der Waals surface area contributed by atoms with Crippen LogP contribution in [0.2, 0.25) is 0 Å². The van der Waals surface area contributed by atoms with Gasteiger partial charge < -0.3 is 25.2 Å². The lowest BCUT2D eigenvalue weighted by molar-refractivity contribution is -0.115. The first-order valence-electron chi connectivity index (χ1n) is 7.37. The number of benzene rings is 1. The summed E-state index contributed by atoms with van der Waals surface area (Å²) in [5.41, 5.74) is 1.33. The Labute approximate surface area is 134 Å². The lowest BCUT2D eigenvalue weighted by atomic mass is 10.1. The molecule has 7 nitrogen and oxygen atoms in total. The van der Waals surface area contributed by atoms with Gasteiger partial charge >= 0.3 is 0 Å². The van der Waals surface area contributed by atoms with Gasteiger partial charge in [0.05, 0.1) is 44.7 Å². The predicted octanol–water partition coefficient (Wildman–Crippen LogP) is 0.780. The van der Waals surface area contributed by atoms with E-state index in [2.05, 4.69) is 15.6 Å². The lowest BCUT2D eigenvalue weighted by Crippen LogP contribution is -2.30. The molecule has 0 unspecified atom stereocenters.